The molecule has 0 aliphatic rings. The summed E-state index contributed by atoms with van der Waals surface area (Å²) in [5.74, 6) is -2.01. The molecule has 0 fully saturated rings. The molecule has 0 aromatic heterocycles. The molecular formula is C27H24F3N3O4. The molecule has 3 aromatic carbocycles. The summed E-state index contributed by atoms with van der Waals surface area (Å²) in [6, 6.07) is 20.8. The molecule has 3 aromatic rings. The highest BCUT2D eigenvalue weighted by atomic mass is 19.4. The van der Waals surface area contributed by atoms with Crippen molar-refractivity contribution in [2.45, 2.75) is 25.6 Å². The number of carbonyl (C=O) groups excluding carboxylic acids is 3. The van der Waals surface area contributed by atoms with Crippen molar-refractivity contribution in [2.24, 2.45) is 5.10 Å². The highest BCUT2D eigenvalue weighted by Gasteiger charge is 2.31. The number of anilines is 1. The zero-order valence-electron chi connectivity index (χ0n) is 19.8. The maximum atomic E-state index is 13.2. The summed E-state index contributed by atoms with van der Waals surface area (Å²) >= 11 is 0. The number of nitrogens with one attached hydrogen (secondary N) is 1. The Labute approximate surface area is 211 Å². The molecule has 0 bridgehead atoms. The third-order valence-corrected chi connectivity index (χ3v) is 5.08. The van der Waals surface area contributed by atoms with E-state index in [4.69, 9.17) is 4.74 Å². The molecule has 0 saturated carbocycles. The van der Waals surface area contributed by atoms with Crippen LogP contribution in [-0.4, -0.2) is 30.6 Å². The Morgan fingerprint density at radius 3 is 2.24 bits per heavy atom. The van der Waals surface area contributed by atoms with E-state index in [0.29, 0.717) is 11.1 Å². The van der Waals surface area contributed by atoms with Crippen LogP contribution in [0.1, 0.15) is 36.1 Å². The van der Waals surface area contributed by atoms with Crippen molar-refractivity contribution >= 4 is 29.7 Å². The molecule has 1 atom stereocenters. The van der Waals surface area contributed by atoms with Gasteiger partial charge in [-0.2, -0.15) is 23.3 Å². The van der Waals surface area contributed by atoms with Gasteiger partial charge in [0.25, 0.3) is 5.91 Å². The van der Waals surface area contributed by atoms with Crippen LogP contribution in [0.4, 0.5) is 18.9 Å². The third kappa shape index (κ3) is 8.31. The fourth-order valence-electron chi connectivity index (χ4n) is 3.36. The number of nitrogens with zero attached hydrogens (tertiary/aromatic N) is 2. The zero-order valence-corrected chi connectivity index (χ0v) is 19.8. The number of ether oxygens (including phenoxy) is 1. The smallest absolute Gasteiger partial charge is 0.416 e. The number of esters is 1. The molecule has 10 heteroatoms. The number of rotatable bonds is 9. The van der Waals surface area contributed by atoms with Crippen molar-refractivity contribution < 1.29 is 32.3 Å². The van der Waals surface area contributed by atoms with Gasteiger partial charge < -0.3 is 10.1 Å². The Kier molecular flexibility index (Phi) is 9.15. The first-order valence-electron chi connectivity index (χ1n) is 11.2. The quantitative estimate of drug-likeness (QED) is 0.252. The van der Waals surface area contributed by atoms with E-state index in [1.165, 1.54) is 19.2 Å². The first kappa shape index (κ1) is 27.1. The van der Waals surface area contributed by atoms with E-state index in [1.807, 2.05) is 0 Å². The van der Waals surface area contributed by atoms with Crippen LogP contribution >= 0.6 is 0 Å². The van der Waals surface area contributed by atoms with E-state index >= 15 is 0 Å². The van der Waals surface area contributed by atoms with Crippen LogP contribution in [-0.2, 0) is 25.3 Å². The molecule has 0 aliphatic heterocycles. The standard InChI is InChI=1S/C27H24F3N3O4/c1-19(34)32-24(21-11-6-3-7-12-21)16-26(36)37-18-25(35)33(31-17-20-9-4-2-5-10-20)23-14-8-13-22(15-23)27(28,29)30/h2-15,17,24H,16,18H2,1H3,(H,32,34). The fraction of sp³-hybridized carbons (Fsp3) is 0.185. The van der Waals surface area contributed by atoms with E-state index in [1.54, 1.807) is 60.7 Å². The molecule has 0 saturated heterocycles. The maximum Gasteiger partial charge on any atom is 0.416 e. The second kappa shape index (κ2) is 12.5. The van der Waals surface area contributed by atoms with Crippen molar-refractivity contribution in [2.75, 3.05) is 11.6 Å². The number of hydrogen-bond acceptors (Lipinski definition) is 5. The van der Waals surface area contributed by atoms with Gasteiger partial charge in [-0.05, 0) is 29.3 Å². The Bertz CT molecular complexity index is 1250. The number of carbonyl (C=O) groups is 3. The van der Waals surface area contributed by atoms with Crippen LogP contribution in [0.2, 0.25) is 0 Å². The largest absolute Gasteiger partial charge is 0.455 e. The lowest BCUT2D eigenvalue weighted by molar-refractivity contribution is -0.148. The lowest BCUT2D eigenvalue weighted by Gasteiger charge is -2.20. The van der Waals surface area contributed by atoms with Crippen LogP contribution in [0.5, 0.6) is 0 Å². The monoisotopic (exact) mass is 511 g/mol. The van der Waals surface area contributed by atoms with E-state index in [0.717, 1.165) is 23.2 Å². The molecule has 7 nitrogen and oxygen atoms in total. The molecule has 0 heterocycles. The SMILES string of the molecule is CC(=O)NC(CC(=O)OCC(=O)N(N=Cc1ccccc1)c1cccc(C(F)(F)F)c1)c1ccccc1. The van der Waals surface area contributed by atoms with Gasteiger partial charge in [0.2, 0.25) is 5.91 Å². The minimum absolute atomic E-state index is 0.150. The molecule has 0 radical (unpaired) electrons. The van der Waals surface area contributed by atoms with Crippen molar-refractivity contribution in [1.29, 1.82) is 0 Å². The number of halogens is 3. The molecule has 192 valence electrons. The molecule has 37 heavy (non-hydrogen) atoms. The first-order valence-corrected chi connectivity index (χ1v) is 11.2. The molecule has 2 amide bonds. The summed E-state index contributed by atoms with van der Waals surface area (Å²) in [6.45, 7) is 0.533. The van der Waals surface area contributed by atoms with E-state index in [2.05, 4.69) is 10.4 Å². The maximum absolute atomic E-state index is 13.2. The van der Waals surface area contributed by atoms with Gasteiger partial charge in [0, 0.05) is 6.92 Å². The van der Waals surface area contributed by atoms with Gasteiger partial charge in [-0.15, -0.1) is 0 Å². The Morgan fingerprint density at radius 2 is 1.62 bits per heavy atom. The number of amides is 2. The summed E-state index contributed by atoms with van der Waals surface area (Å²) in [5.41, 5.74) is 0.156. The fourth-order valence-corrected chi connectivity index (χ4v) is 3.36. The molecular weight excluding hydrogens is 487 g/mol. The average molecular weight is 512 g/mol. The Morgan fingerprint density at radius 1 is 0.973 bits per heavy atom. The normalized spacial score (nSPS) is 12.1. The third-order valence-electron chi connectivity index (χ3n) is 5.08. The predicted octanol–water partition coefficient (Wildman–Crippen LogP) is 4.88. The van der Waals surface area contributed by atoms with Gasteiger partial charge in [0.05, 0.1) is 29.9 Å². The molecule has 1 unspecified atom stereocenters. The number of alkyl halides is 3. The molecule has 0 spiro atoms. The number of hydrazone groups is 1. The van der Waals surface area contributed by atoms with Crippen molar-refractivity contribution in [3.63, 3.8) is 0 Å². The second-order valence-corrected chi connectivity index (χ2v) is 7.94. The number of benzene rings is 3. The Balaban J connectivity index is 1.76. The lowest BCUT2D eigenvalue weighted by Crippen LogP contribution is -2.32. The van der Waals surface area contributed by atoms with Crippen LogP contribution in [0, 0.1) is 0 Å². The van der Waals surface area contributed by atoms with Crippen LogP contribution < -0.4 is 10.3 Å². The van der Waals surface area contributed by atoms with Crippen LogP contribution in [0.15, 0.2) is 90.0 Å². The topological polar surface area (TPSA) is 88.1 Å². The van der Waals surface area contributed by atoms with Crippen LogP contribution in [0.3, 0.4) is 0 Å². The van der Waals surface area contributed by atoms with E-state index in [-0.39, 0.29) is 18.0 Å². The summed E-state index contributed by atoms with van der Waals surface area (Å²) in [7, 11) is 0. The predicted molar refractivity (Wildman–Crippen MR) is 132 cm³/mol. The minimum atomic E-state index is -4.63. The summed E-state index contributed by atoms with van der Waals surface area (Å²) in [4.78, 5) is 37.0. The Hall–Kier alpha value is -4.47. The van der Waals surface area contributed by atoms with Crippen molar-refractivity contribution in [1.82, 2.24) is 5.32 Å². The van der Waals surface area contributed by atoms with Gasteiger partial charge >= 0.3 is 12.1 Å². The second-order valence-electron chi connectivity index (χ2n) is 7.94. The van der Waals surface area contributed by atoms with Crippen LogP contribution in [0.25, 0.3) is 0 Å². The average Bonchev–Trinajstić information content (AvgIpc) is 2.88. The van der Waals surface area contributed by atoms with E-state index < -0.39 is 36.3 Å². The lowest BCUT2D eigenvalue weighted by atomic mass is 10.0. The van der Waals surface area contributed by atoms with Gasteiger partial charge in [-0.3, -0.25) is 14.4 Å². The van der Waals surface area contributed by atoms with Gasteiger partial charge in [-0.1, -0.05) is 66.7 Å². The number of hydrogen-bond donors (Lipinski definition) is 1. The molecule has 1 N–H and O–H groups in total. The summed E-state index contributed by atoms with van der Waals surface area (Å²) < 4.78 is 44.9. The first-order chi connectivity index (χ1) is 17.6. The van der Waals surface area contributed by atoms with Crippen molar-refractivity contribution in [3.05, 3.63) is 102 Å². The summed E-state index contributed by atoms with van der Waals surface area (Å²) in [5, 5.41) is 7.46. The van der Waals surface area contributed by atoms with Gasteiger partial charge in [-0.25, -0.2) is 0 Å². The zero-order chi connectivity index (χ0) is 26.8. The highest BCUT2D eigenvalue weighted by Crippen LogP contribution is 2.32. The minimum Gasteiger partial charge on any atom is -0.455 e. The van der Waals surface area contributed by atoms with Crippen molar-refractivity contribution in [3.8, 4) is 0 Å². The highest BCUT2D eigenvalue weighted by molar-refractivity contribution is 5.96. The van der Waals surface area contributed by atoms with Gasteiger partial charge in [0.1, 0.15) is 0 Å². The van der Waals surface area contributed by atoms with E-state index in [9.17, 15) is 27.6 Å². The summed E-state index contributed by atoms with van der Waals surface area (Å²) in [6.07, 6.45) is -3.58. The van der Waals surface area contributed by atoms with Gasteiger partial charge in [0.15, 0.2) is 6.61 Å². The molecule has 3 rings (SSSR count). The molecule has 0 aliphatic carbocycles.